The minimum atomic E-state index is -0.524. The molecule has 0 bridgehead atoms. The number of halogens is 1. The van der Waals surface area contributed by atoms with Gasteiger partial charge in [-0.2, -0.15) is 4.98 Å². The second kappa shape index (κ2) is 23.7. The van der Waals surface area contributed by atoms with Crippen molar-refractivity contribution in [3.8, 4) is 16.1 Å². The zero-order valence-electron chi connectivity index (χ0n) is 46.2. The molecule has 6 aliphatic rings. The van der Waals surface area contributed by atoms with Crippen LogP contribution < -0.4 is 21.9 Å². The average molecular weight is 1080 g/mol. The highest BCUT2D eigenvalue weighted by molar-refractivity contribution is 7.13. The van der Waals surface area contributed by atoms with E-state index in [4.69, 9.17) is 22.3 Å². The molecule has 2 saturated carbocycles. The van der Waals surface area contributed by atoms with Gasteiger partial charge in [-0.05, 0) is 149 Å². The summed E-state index contributed by atoms with van der Waals surface area (Å²) < 4.78 is 2.27. The summed E-state index contributed by atoms with van der Waals surface area (Å²) in [4.78, 5) is 58.0. The highest BCUT2D eigenvalue weighted by atomic mass is 35.5. The molecule has 77 heavy (non-hydrogen) atoms. The fourth-order valence-corrected chi connectivity index (χ4v) is 14.6. The zero-order chi connectivity index (χ0) is 54.0. The first-order chi connectivity index (χ1) is 37.1. The molecule has 1 spiro atoms. The standard InChI is InChI=1S/C36H54N6O3S.C26H28ClN3O/c1-24-32(46-23-39-24)27-14-12-26(13-15-27)30(22-41-19-16-28(43)17-20-41)40-34(44)31-11-8-18-42(31)35(45)33(36(2,3)4)38-21-29(37)25-9-6-5-7-10-25;1-29-14-10-17(11-15-29)18-8-9-19-22(16-18)30-21-7-5-6-20(27)23(21)24(31)28-25(30)26(19)12-3-2-4-13-26/h12-15,21,23,25,28,30-31,33,38,43H,5-11,16-20,22,37H2,1-4H3,(H,40,44);5-9,16-17H,2-4,10-15H2,1H3/b29-21-;. The van der Waals surface area contributed by atoms with Crippen LogP contribution in [0.5, 0.6) is 0 Å². The van der Waals surface area contributed by atoms with Gasteiger partial charge in [-0.15, -0.1) is 11.3 Å². The van der Waals surface area contributed by atoms with Gasteiger partial charge >= 0.3 is 0 Å². The minimum Gasteiger partial charge on any atom is -0.401 e. The maximum Gasteiger partial charge on any atom is 0.282 e. The first-order valence-electron chi connectivity index (χ1n) is 28.9. The Morgan fingerprint density at radius 1 is 0.896 bits per heavy atom. The van der Waals surface area contributed by atoms with Crippen LogP contribution in [0.1, 0.15) is 164 Å². The Morgan fingerprint density at radius 3 is 2.30 bits per heavy atom. The maximum atomic E-state index is 14.2. The number of aryl methyl sites for hydroxylation is 1. The van der Waals surface area contributed by atoms with E-state index in [0.717, 1.165) is 110 Å². The fourth-order valence-electron chi connectivity index (χ4n) is 13.5. The molecule has 6 heterocycles. The summed E-state index contributed by atoms with van der Waals surface area (Å²) >= 11 is 8.10. The van der Waals surface area contributed by atoms with E-state index in [2.05, 4.69) is 100 Å². The Hall–Kier alpha value is -5.12. The molecule has 2 aromatic heterocycles. The third-order valence-electron chi connectivity index (χ3n) is 18.0. The Balaban J connectivity index is 0.000000187. The molecule has 412 valence electrons. The van der Waals surface area contributed by atoms with Crippen molar-refractivity contribution in [3.63, 3.8) is 0 Å². The summed E-state index contributed by atoms with van der Waals surface area (Å²) in [7, 11) is 2.21. The van der Waals surface area contributed by atoms with Crippen LogP contribution in [0.2, 0.25) is 5.02 Å². The van der Waals surface area contributed by atoms with Gasteiger partial charge in [-0.25, -0.2) is 4.98 Å². The Bertz CT molecular complexity index is 2970. The number of carbonyl (C=O) groups excluding carboxylic acids is 2. The van der Waals surface area contributed by atoms with Crippen molar-refractivity contribution in [2.24, 2.45) is 17.1 Å². The number of nitrogens with zero attached hydrogens (tertiary/aromatic N) is 6. The number of likely N-dealkylation sites (tertiary alicyclic amines) is 3. The molecule has 3 unspecified atom stereocenters. The van der Waals surface area contributed by atoms with Gasteiger partial charge in [0.25, 0.3) is 5.56 Å². The second-order valence-electron chi connectivity index (χ2n) is 24.3. The molecule has 5 fully saturated rings. The van der Waals surface area contributed by atoms with Crippen LogP contribution in [0.3, 0.4) is 0 Å². The number of hydrogen-bond acceptors (Lipinski definition) is 11. The quantitative estimate of drug-likeness (QED) is 0.100. The van der Waals surface area contributed by atoms with Crippen LogP contribution in [-0.4, -0.2) is 111 Å². The van der Waals surface area contributed by atoms with E-state index in [1.807, 2.05) is 30.8 Å². The van der Waals surface area contributed by atoms with Crippen molar-refractivity contribution in [1.82, 2.24) is 39.9 Å². The topological polar surface area (TPSA) is 162 Å². The third-order valence-corrected chi connectivity index (χ3v) is 19.3. The summed E-state index contributed by atoms with van der Waals surface area (Å²) in [6.07, 6.45) is 18.5. The van der Waals surface area contributed by atoms with Gasteiger partial charge in [0.2, 0.25) is 11.8 Å². The molecule has 2 amide bonds. The normalized spacial score (nSPS) is 21.6. The number of rotatable bonds is 11. The van der Waals surface area contributed by atoms with Crippen LogP contribution >= 0.6 is 22.9 Å². The van der Waals surface area contributed by atoms with E-state index < -0.39 is 12.1 Å². The van der Waals surface area contributed by atoms with Crippen molar-refractivity contribution in [1.29, 1.82) is 0 Å². The number of aliphatic hydroxyl groups excluding tert-OH is 1. The van der Waals surface area contributed by atoms with E-state index in [1.165, 1.54) is 68.2 Å². The molecule has 2 aliphatic carbocycles. The van der Waals surface area contributed by atoms with Crippen molar-refractivity contribution < 1.29 is 14.7 Å². The van der Waals surface area contributed by atoms with Crippen LogP contribution in [0.15, 0.2) is 82.9 Å². The van der Waals surface area contributed by atoms with E-state index in [1.54, 1.807) is 22.3 Å². The summed E-state index contributed by atoms with van der Waals surface area (Å²) in [6, 6.07) is 20.0. The van der Waals surface area contributed by atoms with Crippen LogP contribution in [0.4, 0.5) is 0 Å². The number of aliphatic hydroxyl groups is 1. The van der Waals surface area contributed by atoms with Gasteiger partial charge < -0.3 is 36.2 Å². The van der Waals surface area contributed by atoms with E-state index in [9.17, 15) is 19.5 Å². The molecule has 15 heteroatoms. The average Bonchev–Trinajstić information content (AvgIpc) is 4.36. The molecule has 3 saturated heterocycles. The number of fused-ring (bicyclic) bond motifs is 7. The monoisotopic (exact) mass is 1080 g/mol. The number of carbonyl (C=O) groups is 2. The third kappa shape index (κ3) is 11.8. The van der Waals surface area contributed by atoms with E-state index >= 15 is 0 Å². The number of nitrogens with two attached hydrogens (primary N) is 1. The lowest BCUT2D eigenvalue weighted by Crippen LogP contribution is -2.56. The molecule has 0 radical (unpaired) electrons. The molecular weight excluding hydrogens is 1000 g/mol. The Labute approximate surface area is 465 Å². The first-order valence-corrected chi connectivity index (χ1v) is 30.1. The predicted octanol–water partition coefficient (Wildman–Crippen LogP) is 10.5. The van der Waals surface area contributed by atoms with Crippen LogP contribution in [-0.2, 0) is 15.0 Å². The smallest absolute Gasteiger partial charge is 0.282 e. The van der Waals surface area contributed by atoms with E-state index in [0.29, 0.717) is 41.8 Å². The van der Waals surface area contributed by atoms with Crippen molar-refractivity contribution >= 4 is 45.7 Å². The highest BCUT2D eigenvalue weighted by Crippen LogP contribution is 2.52. The molecule has 4 aliphatic heterocycles. The largest absolute Gasteiger partial charge is 0.401 e. The number of aromatic nitrogens is 3. The number of amides is 2. The Kier molecular flexibility index (Phi) is 17.0. The van der Waals surface area contributed by atoms with Gasteiger partial charge in [-0.3, -0.25) is 19.0 Å². The molecule has 3 atom stereocenters. The highest BCUT2D eigenvalue weighted by Gasteiger charge is 2.47. The number of thiazole rings is 1. The number of nitrogens with one attached hydrogen (secondary N) is 2. The summed E-state index contributed by atoms with van der Waals surface area (Å²) in [6.45, 7) is 13.3. The van der Waals surface area contributed by atoms with Crippen molar-refractivity contribution in [2.45, 2.75) is 166 Å². The molecule has 5 aromatic rings. The van der Waals surface area contributed by atoms with Gasteiger partial charge in [0, 0.05) is 38.1 Å². The van der Waals surface area contributed by atoms with Crippen molar-refractivity contribution in [2.75, 3.05) is 46.3 Å². The van der Waals surface area contributed by atoms with Gasteiger partial charge in [0.05, 0.1) is 55.3 Å². The lowest BCUT2D eigenvalue weighted by atomic mass is 9.69. The Morgan fingerprint density at radius 2 is 1.61 bits per heavy atom. The lowest BCUT2D eigenvalue weighted by molar-refractivity contribution is -0.142. The fraction of sp³-hybridized carbons (Fsp3) is 0.565. The van der Waals surface area contributed by atoms with Gasteiger partial charge in [-0.1, -0.05) is 113 Å². The number of hydrogen-bond donors (Lipinski definition) is 4. The molecular formula is C62H82ClN9O4S. The summed E-state index contributed by atoms with van der Waals surface area (Å²) in [5.41, 5.74) is 16.5. The molecule has 13 nitrogen and oxygen atoms in total. The maximum absolute atomic E-state index is 14.2. The lowest BCUT2D eigenvalue weighted by Gasteiger charge is -2.36. The van der Waals surface area contributed by atoms with Gasteiger partial charge in [0.15, 0.2) is 0 Å². The summed E-state index contributed by atoms with van der Waals surface area (Å²) in [5, 5.41) is 17.9. The number of piperidine rings is 2. The van der Waals surface area contributed by atoms with Crippen LogP contribution in [0, 0.1) is 18.3 Å². The minimum absolute atomic E-state index is 0.0521. The zero-order valence-corrected chi connectivity index (χ0v) is 47.7. The van der Waals surface area contributed by atoms with Gasteiger partial charge in [0.1, 0.15) is 17.9 Å². The second-order valence-corrected chi connectivity index (χ2v) is 25.6. The van der Waals surface area contributed by atoms with Crippen LogP contribution in [0.25, 0.3) is 27.0 Å². The van der Waals surface area contributed by atoms with E-state index in [-0.39, 0.29) is 40.3 Å². The predicted molar refractivity (Wildman–Crippen MR) is 310 cm³/mol. The number of allylic oxidation sites excluding steroid dienone is 1. The molecule has 11 rings (SSSR count). The molecule has 3 aromatic carbocycles. The summed E-state index contributed by atoms with van der Waals surface area (Å²) in [5.74, 6) is 1.73. The first kappa shape index (κ1) is 55.2. The van der Waals surface area contributed by atoms with Crippen molar-refractivity contribution in [3.05, 3.63) is 122 Å². The SMILES string of the molecule is CN1CCC(c2ccc3c(c2)-n2c(nc(=O)c4c(Cl)cccc42)C32CCCCC2)CC1.Cc1ncsc1-c1ccc(C(CN2CCC(O)CC2)NC(=O)C2CCCN2C(=O)C(N/C=C(\N)C2CCCCC2)C(C)(C)C)cc1. The molecule has 5 N–H and O–H groups in total. The number of benzene rings is 3.